The molecule has 2 aromatic rings. The number of thioether (sulfide) groups is 1. The number of benzene rings is 1. The Balaban J connectivity index is 1.83. The quantitative estimate of drug-likeness (QED) is 0.706. The van der Waals surface area contributed by atoms with Crippen molar-refractivity contribution < 1.29 is 14.3 Å². The third-order valence-electron chi connectivity index (χ3n) is 3.08. The molecule has 0 unspecified atom stereocenters. The molecule has 134 valence electrons. The van der Waals surface area contributed by atoms with E-state index in [1.807, 2.05) is 12.1 Å². The number of carbonyl (C=O) groups excluding carboxylic acids is 2. The molecule has 9 heteroatoms. The minimum absolute atomic E-state index is 0.0660. The van der Waals surface area contributed by atoms with Gasteiger partial charge in [0, 0.05) is 5.69 Å². The molecule has 0 aliphatic rings. The second-order valence-electron chi connectivity index (χ2n) is 5.33. The molecule has 1 aromatic carbocycles. The van der Waals surface area contributed by atoms with E-state index in [-0.39, 0.29) is 12.4 Å². The van der Waals surface area contributed by atoms with Crippen LogP contribution in [0.3, 0.4) is 0 Å². The molecule has 0 atom stereocenters. The molecule has 0 aliphatic heterocycles. The molecule has 0 aliphatic carbocycles. The SMILES string of the molecule is CCOC(=O)NC(=O)CSc1nnc(Nc2ccc(C(C)C)cc2)s1. The predicted octanol–water partition coefficient (Wildman–Crippen LogP) is 3.77. The first-order valence-corrected chi connectivity index (χ1v) is 9.58. The maximum absolute atomic E-state index is 11.6. The highest BCUT2D eigenvalue weighted by atomic mass is 32.2. The first-order valence-electron chi connectivity index (χ1n) is 7.77. The molecule has 1 aromatic heterocycles. The fourth-order valence-corrected chi connectivity index (χ4v) is 3.41. The fraction of sp³-hybridized carbons (Fsp3) is 0.375. The first-order chi connectivity index (χ1) is 12.0. The molecule has 0 spiro atoms. The monoisotopic (exact) mass is 380 g/mol. The molecule has 0 bridgehead atoms. The van der Waals surface area contributed by atoms with Gasteiger partial charge in [-0.2, -0.15) is 0 Å². The van der Waals surface area contributed by atoms with Gasteiger partial charge in [-0.05, 0) is 30.5 Å². The normalized spacial score (nSPS) is 10.6. The van der Waals surface area contributed by atoms with E-state index in [9.17, 15) is 9.59 Å². The molecule has 2 N–H and O–H groups in total. The standard InChI is InChI=1S/C16H20N4O3S2/c1-4-23-15(22)18-13(21)9-24-16-20-19-14(25-16)17-12-7-5-11(6-8-12)10(2)3/h5-8,10H,4,9H2,1-3H3,(H,17,19)(H,18,21,22). The average molecular weight is 380 g/mol. The number of hydrogen-bond acceptors (Lipinski definition) is 8. The Labute approximate surface area is 154 Å². The van der Waals surface area contributed by atoms with Crippen LogP contribution >= 0.6 is 23.1 Å². The van der Waals surface area contributed by atoms with Gasteiger partial charge in [-0.15, -0.1) is 10.2 Å². The number of anilines is 2. The summed E-state index contributed by atoms with van der Waals surface area (Å²) in [7, 11) is 0. The van der Waals surface area contributed by atoms with Crippen molar-refractivity contribution >= 4 is 45.9 Å². The zero-order chi connectivity index (χ0) is 18.2. The van der Waals surface area contributed by atoms with E-state index in [1.54, 1.807) is 6.92 Å². The van der Waals surface area contributed by atoms with Gasteiger partial charge in [0.2, 0.25) is 11.0 Å². The van der Waals surface area contributed by atoms with Crippen LogP contribution in [0.5, 0.6) is 0 Å². The number of imide groups is 1. The zero-order valence-corrected chi connectivity index (χ0v) is 15.9. The number of amides is 2. The molecule has 0 fully saturated rings. The van der Waals surface area contributed by atoms with Crippen molar-refractivity contribution in [2.45, 2.75) is 31.0 Å². The Hall–Kier alpha value is -2.13. The lowest BCUT2D eigenvalue weighted by Gasteiger charge is -2.06. The van der Waals surface area contributed by atoms with E-state index < -0.39 is 12.0 Å². The van der Waals surface area contributed by atoms with Crippen LogP contribution in [0, 0.1) is 0 Å². The van der Waals surface area contributed by atoms with Gasteiger partial charge < -0.3 is 10.1 Å². The highest BCUT2D eigenvalue weighted by molar-refractivity contribution is 8.01. The van der Waals surface area contributed by atoms with Crippen LogP contribution < -0.4 is 10.6 Å². The number of alkyl carbamates (subject to hydrolysis) is 1. The van der Waals surface area contributed by atoms with Crippen LogP contribution in [0.25, 0.3) is 0 Å². The lowest BCUT2D eigenvalue weighted by atomic mass is 10.0. The summed E-state index contributed by atoms with van der Waals surface area (Å²) in [5.74, 6) is 0.119. The van der Waals surface area contributed by atoms with Crippen LogP contribution in [0.2, 0.25) is 0 Å². The summed E-state index contributed by atoms with van der Waals surface area (Å²) in [6.07, 6.45) is -0.738. The van der Waals surface area contributed by atoms with Crippen molar-refractivity contribution in [1.29, 1.82) is 0 Å². The Bertz CT molecular complexity index is 716. The Morgan fingerprint density at radius 2 is 1.96 bits per heavy atom. The van der Waals surface area contributed by atoms with Crippen LogP contribution in [0.1, 0.15) is 32.3 Å². The molecular weight excluding hydrogens is 360 g/mol. The average Bonchev–Trinajstić information content (AvgIpc) is 3.01. The van der Waals surface area contributed by atoms with Gasteiger partial charge in [0.25, 0.3) is 0 Å². The molecular formula is C16H20N4O3S2. The summed E-state index contributed by atoms with van der Waals surface area (Å²) < 4.78 is 5.28. The number of aromatic nitrogens is 2. The summed E-state index contributed by atoms with van der Waals surface area (Å²) >= 11 is 2.55. The molecule has 2 amide bonds. The third kappa shape index (κ3) is 6.35. The van der Waals surface area contributed by atoms with Crippen molar-refractivity contribution in [3.8, 4) is 0 Å². The van der Waals surface area contributed by atoms with Crippen LogP contribution in [0.4, 0.5) is 15.6 Å². The molecule has 25 heavy (non-hydrogen) atoms. The molecule has 1 heterocycles. The smallest absolute Gasteiger partial charge is 0.413 e. The van der Waals surface area contributed by atoms with Gasteiger partial charge in [-0.3, -0.25) is 10.1 Å². The second kappa shape index (κ2) is 9.38. The highest BCUT2D eigenvalue weighted by Gasteiger charge is 2.11. The van der Waals surface area contributed by atoms with Crippen molar-refractivity contribution in [3.05, 3.63) is 29.8 Å². The highest BCUT2D eigenvalue weighted by Crippen LogP contribution is 2.28. The zero-order valence-electron chi connectivity index (χ0n) is 14.2. The van der Waals surface area contributed by atoms with Crippen LogP contribution in [0.15, 0.2) is 28.6 Å². The summed E-state index contributed by atoms with van der Waals surface area (Å²) in [4.78, 5) is 22.7. The number of hydrogen-bond donors (Lipinski definition) is 2. The maximum Gasteiger partial charge on any atom is 0.413 e. The third-order valence-corrected chi connectivity index (χ3v) is 5.05. The molecule has 0 saturated carbocycles. The van der Waals surface area contributed by atoms with E-state index in [2.05, 4.69) is 51.5 Å². The minimum Gasteiger partial charge on any atom is -0.450 e. The topological polar surface area (TPSA) is 93.2 Å². The minimum atomic E-state index is -0.738. The molecule has 0 radical (unpaired) electrons. The first kappa shape index (κ1) is 19.2. The van der Waals surface area contributed by atoms with Gasteiger partial charge in [0.1, 0.15) is 0 Å². The lowest BCUT2D eigenvalue weighted by molar-refractivity contribution is -0.117. The number of nitrogens with zero attached hydrogens (tertiary/aromatic N) is 2. The Morgan fingerprint density at radius 1 is 1.24 bits per heavy atom. The van der Waals surface area contributed by atoms with E-state index in [1.165, 1.54) is 28.7 Å². The maximum atomic E-state index is 11.6. The van der Waals surface area contributed by atoms with Crippen molar-refractivity contribution in [3.63, 3.8) is 0 Å². The largest absolute Gasteiger partial charge is 0.450 e. The molecule has 7 nitrogen and oxygen atoms in total. The fourth-order valence-electron chi connectivity index (χ4n) is 1.84. The van der Waals surface area contributed by atoms with Gasteiger partial charge in [-0.1, -0.05) is 49.1 Å². The van der Waals surface area contributed by atoms with Crippen molar-refractivity contribution in [2.75, 3.05) is 17.7 Å². The Kier molecular flexibility index (Phi) is 7.20. The molecule has 2 rings (SSSR count). The predicted molar refractivity (Wildman–Crippen MR) is 99.6 cm³/mol. The van der Waals surface area contributed by atoms with Gasteiger partial charge >= 0.3 is 6.09 Å². The number of carbonyl (C=O) groups is 2. The second-order valence-corrected chi connectivity index (χ2v) is 7.53. The van der Waals surface area contributed by atoms with Gasteiger partial charge in [0.15, 0.2) is 4.34 Å². The number of nitrogens with one attached hydrogen (secondary N) is 2. The van der Waals surface area contributed by atoms with E-state index in [0.29, 0.717) is 15.4 Å². The lowest BCUT2D eigenvalue weighted by Crippen LogP contribution is -2.32. The van der Waals surface area contributed by atoms with Crippen LogP contribution in [-0.4, -0.2) is 34.6 Å². The summed E-state index contributed by atoms with van der Waals surface area (Å²) in [6, 6.07) is 8.14. The van der Waals surface area contributed by atoms with E-state index in [0.717, 1.165) is 5.69 Å². The van der Waals surface area contributed by atoms with E-state index in [4.69, 9.17) is 0 Å². The van der Waals surface area contributed by atoms with Crippen LogP contribution in [-0.2, 0) is 9.53 Å². The number of ether oxygens (including phenoxy) is 1. The number of rotatable bonds is 7. The summed E-state index contributed by atoms with van der Waals surface area (Å²) in [5.41, 5.74) is 2.20. The Morgan fingerprint density at radius 3 is 2.60 bits per heavy atom. The van der Waals surface area contributed by atoms with Gasteiger partial charge in [-0.25, -0.2) is 4.79 Å². The van der Waals surface area contributed by atoms with E-state index >= 15 is 0 Å². The van der Waals surface area contributed by atoms with Gasteiger partial charge in [0.05, 0.1) is 12.4 Å². The molecule has 0 saturated heterocycles. The summed E-state index contributed by atoms with van der Waals surface area (Å²) in [6.45, 7) is 6.18. The van der Waals surface area contributed by atoms with Crippen molar-refractivity contribution in [1.82, 2.24) is 15.5 Å². The summed E-state index contributed by atoms with van der Waals surface area (Å²) in [5, 5.41) is 14.0. The van der Waals surface area contributed by atoms with Crippen molar-refractivity contribution in [2.24, 2.45) is 0 Å².